The third-order valence-electron chi connectivity index (χ3n) is 1.40. The lowest BCUT2D eigenvalue weighted by molar-refractivity contribution is 1.02. The van der Waals surface area contributed by atoms with E-state index in [2.05, 4.69) is 24.5 Å². The van der Waals surface area contributed by atoms with Gasteiger partial charge in [-0.25, -0.2) is 4.98 Å². The number of thiazole rings is 1. The maximum absolute atomic E-state index is 4.25. The summed E-state index contributed by atoms with van der Waals surface area (Å²) < 4.78 is 0. The van der Waals surface area contributed by atoms with Gasteiger partial charge in [-0.05, 0) is 18.6 Å². The van der Waals surface area contributed by atoms with Gasteiger partial charge in [0.2, 0.25) is 0 Å². The summed E-state index contributed by atoms with van der Waals surface area (Å²) in [6, 6.07) is 0. The SMILES string of the molecule is CCc1scnc1CCS. The van der Waals surface area contributed by atoms with Crippen LogP contribution >= 0.6 is 24.0 Å². The van der Waals surface area contributed by atoms with Gasteiger partial charge >= 0.3 is 0 Å². The zero-order chi connectivity index (χ0) is 7.40. The van der Waals surface area contributed by atoms with E-state index in [1.807, 2.05) is 5.51 Å². The van der Waals surface area contributed by atoms with Crippen LogP contribution in [0.1, 0.15) is 17.5 Å². The van der Waals surface area contributed by atoms with E-state index in [1.54, 1.807) is 11.3 Å². The Morgan fingerprint density at radius 3 is 3.10 bits per heavy atom. The number of rotatable bonds is 3. The highest BCUT2D eigenvalue weighted by Crippen LogP contribution is 2.14. The average Bonchev–Trinajstić information content (AvgIpc) is 2.36. The van der Waals surface area contributed by atoms with Gasteiger partial charge in [0.1, 0.15) is 0 Å². The third-order valence-corrected chi connectivity index (χ3v) is 2.64. The summed E-state index contributed by atoms with van der Waals surface area (Å²) in [6.07, 6.45) is 2.11. The Labute approximate surface area is 70.9 Å². The normalized spacial score (nSPS) is 10.2. The molecule has 0 aliphatic rings. The molecule has 1 aromatic heterocycles. The van der Waals surface area contributed by atoms with Crippen LogP contribution in [0.5, 0.6) is 0 Å². The molecule has 0 aromatic carbocycles. The van der Waals surface area contributed by atoms with E-state index in [0.29, 0.717) is 0 Å². The molecule has 3 heteroatoms. The molecule has 0 amide bonds. The molecule has 0 spiro atoms. The fraction of sp³-hybridized carbons (Fsp3) is 0.571. The molecule has 1 rings (SSSR count). The molecule has 0 radical (unpaired) electrons. The zero-order valence-electron chi connectivity index (χ0n) is 6.00. The van der Waals surface area contributed by atoms with Crippen LogP contribution < -0.4 is 0 Å². The molecular weight excluding hydrogens is 162 g/mol. The molecule has 0 saturated heterocycles. The third kappa shape index (κ3) is 1.73. The number of nitrogens with zero attached hydrogens (tertiary/aromatic N) is 1. The summed E-state index contributed by atoms with van der Waals surface area (Å²) in [5.41, 5.74) is 3.15. The highest BCUT2D eigenvalue weighted by Gasteiger charge is 2.01. The van der Waals surface area contributed by atoms with Gasteiger partial charge in [0.05, 0.1) is 11.2 Å². The van der Waals surface area contributed by atoms with Crippen molar-refractivity contribution in [3.8, 4) is 0 Å². The van der Waals surface area contributed by atoms with E-state index in [1.165, 1.54) is 10.6 Å². The summed E-state index contributed by atoms with van der Waals surface area (Å²) >= 11 is 5.90. The minimum absolute atomic E-state index is 0.900. The van der Waals surface area contributed by atoms with Crippen molar-refractivity contribution >= 4 is 24.0 Å². The fourth-order valence-corrected chi connectivity index (χ4v) is 1.87. The summed E-state index contributed by atoms with van der Waals surface area (Å²) in [4.78, 5) is 5.66. The minimum Gasteiger partial charge on any atom is -0.249 e. The Hall–Kier alpha value is -0.0200. The van der Waals surface area contributed by atoms with Gasteiger partial charge in [-0.2, -0.15) is 12.6 Å². The van der Waals surface area contributed by atoms with Crippen molar-refractivity contribution in [3.05, 3.63) is 16.1 Å². The van der Waals surface area contributed by atoms with Crippen LogP contribution in [0, 0.1) is 0 Å². The van der Waals surface area contributed by atoms with Crippen LogP contribution in [-0.4, -0.2) is 10.7 Å². The Morgan fingerprint density at radius 1 is 1.70 bits per heavy atom. The lowest BCUT2D eigenvalue weighted by Crippen LogP contribution is -1.90. The first-order chi connectivity index (χ1) is 4.88. The van der Waals surface area contributed by atoms with Crippen molar-refractivity contribution < 1.29 is 0 Å². The van der Waals surface area contributed by atoms with E-state index >= 15 is 0 Å². The first-order valence-electron chi connectivity index (χ1n) is 3.40. The molecule has 0 bridgehead atoms. The van der Waals surface area contributed by atoms with Crippen molar-refractivity contribution in [1.82, 2.24) is 4.98 Å². The van der Waals surface area contributed by atoms with Gasteiger partial charge in [0.25, 0.3) is 0 Å². The van der Waals surface area contributed by atoms with Crippen LogP contribution in [0.3, 0.4) is 0 Å². The second-order valence-electron chi connectivity index (χ2n) is 2.05. The lowest BCUT2D eigenvalue weighted by Gasteiger charge is -1.94. The molecule has 10 heavy (non-hydrogen) atoms. The molecule has 0 atom stereocenters. The molecule has 1 aromatic rings. The van der Waals surface area contributed by atoms with Crippen molar-refractivity contribution in [2.45, 2.75) is 19.8 Å². The minimum atomic E-state index is 0.900. The van der Waals surface area contributed by atoms with Crippen LogP contribution in [0.4, 0.5) is 0 Å². The summed E-state index contributed by atoms with van der Waals surface area (Å²) in [5.74, 6) is 0.900. The summed E-state index contributed by atoms with van der Waals surface area (Å²) in [6.45, 7) is 2.16. The van der Waals surface area contributed by atoms with Crippen molar-refractivity contribution in [2.24, 2.45) is 0 Å². The van der Waals surface area contributed by atoms with Crippen LogP contribution in [0.15, 0.2) is 5.51 Å². The number of aromatic nitrogens is 1. The molecule has 1 heterocycles. The highest BCUT2D eigenvalue weighted by molar-refractivity contribution is 7.80. The maximum atomic E-state index is 4.25. The summed E-state index contributed by atoms with van der Waals surface area (Å²) in [7, 11) is 0. The molecule has 0 saturated carbocycles. The number of aryl methyl sites for hydroxylation is 2. The Bertz CT molecular complexity index is 195. The molecule has 0 aliphatic carbocycles. The van der Waals surface area contributed by atoms with Gasteiger partial charge in [-0.15, -0.1) is 11.3 Å². The van der Waals surface area contributed by atoms with Gasteiger partial charge < -0.3 is 0 Å². The van der Waals surface area contributed by atoms with E-state index in [0.717, 1.165) is 18.6 Å². The fourth-order valence-electron chi connectivity index (χ4n) is 0.891. The molecular formula is C7H11NS2. The van der Waals surface area contributed by atoms with Crippen molar-refractivity contribution in [3.63, 3.8) is 0 Å². The standard InChI is InChI=1S/C7H11NS2/c1-2-7-6(3-4-9)8-5-10-7/h5,9H,2-4H2,1H3. The maximum Gasteiger partial charge on any atom is 0.0797 e. The predicted molar refractivity (Wildman–Crippen MR) is 49.0 cm³/mol. The van der Waals surface area contributed by atoms with Crippen molar-refractivity contribution in [2.75, 3.05) is 5.75 Å². The van der Waals surface area contributed by atoms with E-state index < -0.39 is 0 Å². The van der Waals surface area contributed by atoms with Crippen LogP contribution in [0.2, 0.25) is 0 Å². The smallest absolute Gasteiger partial charge is 0.0797 e. The quantitative estimate of drug-likeness (QED) is 0.691. The Morgan fingerprint density at radius 2 is 2.50 bits per heavy atom. The monoisotopic (exact) mass is 173 g/mol. The van der Waals surface area contributed by atoms with Gasteiger partial charge in [0.15, 0.2) is 0 Å². The Kier molecular flexibility index (Phi) is 3.22. The van der Waals surface area contributed by atoms with Crippen molar-refractivity contribution in [1.29, 1.82) is 0 Å². The van der Waals surface area contributed by atoms with Crippen LogP contribution in [-0.2, 0) is 12.8 Å². The highest BCUT2D eigenvalue weighted by atomic mass is 32.1. The first kappa shape index (κ1) is 8.08. The molecule has 0 N–H and O–H groups in total. The molecule has 0 unspecified atom stereocenters. The number of hydrogen-bond donors (Lipinski definition) is 1. The zero-order valence-corrected chi connectivity index (χ0v) is 7.71. The molecule has 0 aliphatic heterocycles. The lowest BCUT2D eigenvalue weighted by atomic mass is 10.2. The largest absolute Gasteiger partial charge is 0.249 e. The van der Waals surface area contributed by atoms with Gasteiger partial charge in [-0.3, -0.25) is 0 Å². The molecule has 1 nitrogen and oxygen atoms in total. The topological polar surface area (TPSA) is 12.9 Å². The van der Waals surface area contributed by atoms with E-state index in [-0.39, 0.29) is 0 Å². The molecule has 56 valence electrons. The number of thiol groups is 1. The second kappa shape index (κ2) is 3.98. The first-order valence-corrected chi connectivity index (χ1v) is 4.91. The Balaban J connectivity index is 2.70. The number of hydrogen-bond acceptors (Lipinski definition) is 3. The molecule has 0 fully saturated rings. The van der Waals surface area contributed by atoms with E-state index in [9.17, 15) is 0 Å². The summed E-state index contributed by atoms with van der Waals surface area (Å²) in [5, 5.41) is 0. The van der Waals surface area contributed by atoms with Crippen LogP contribution in [0.25, 0.3) is 0 Å². The van der Waals surface area contributed by atoms with Gasteiger partial charge in [0, 0.05) is 4.88 Å². The second-order valence-corrected chi connectivity index (χ2v) is 3.44. The predicted octanol–water partition coefficient (Wildman–Crippen LogP) is 2.18. The van der Waals surface area contributed by atoms with Gasteiger partial charge in [-0.1, -0.05) is 6.92 Å². The van der Waals surface area contributed by atoms with E-state index in [4.69, 9.17) is 0 Å². The average molecular weight is 173 g/mol.